The maximum atomic E-state index is 12.1. The molecule has 0 unspecified atom stereocenters. The number of hydrogen-bond acceptors (Lipinski definition) is 8. The fourth-order valence-corrected chi connectivity index (χ4v) is 2.11. The Morgan fingerprint density at radius 3 is 2.56 bits per heavy atom. The summed E-state index contributed by atoms with van der Waals surface area (Å²) in [6, 6.07) is 7.19. The number of furan rings is 1. The topological polar surface area (TPSA) is 122 Å². The molecule has 9 heteroatoms. The van der Waals surface area contributed by atoms with Gasteiger partial charge in [-0.05, 0) is 32.0 Å². The fourth-order valence-electron chi connectivity index (χ4n) is 2.11. The van der Waals surface area contributed by atoms with Gasteiger partial charge in [-0.25, -0.2) is 4.79 Å². The van der Waals surface area contributed by atoms with Gasteiger partial charge in [0.05, 0.1) is 11.2 Å². The molecule has 0 radical (unpaired) electrons. The second kappa shape index (κ2) is 6.56. The number of carbonyl (C=O) groups excluding carboxylic acids is 1. The molecule has 0 spiro atoms. The first-order valence-electron chi connectivity index (χ1n) is 7.29. The molecule has 128 valence electrons. The number of nitro benzene ring substituents is 1. The maximum Gasteiger partial charge on any atom is 0.342 e. The van der Waals surface area contributed by atoms with E-state index in [-0.39, 0.29) is 17.5 Å². The smallest absolute Gasteiger partial charge is 0.342 e. The maximum absolute atomic E-state index is 12.1. The molecule has 1 atom stereocenters. The molecule has 0 saturated heterocycles. The van der Waals surface area contributed by atoms with Crippen LogP contribution in [0.5, 0.6) is 0 Å². The molecule has 0 N–H and O–H groups in total. The van der Waals surface area contributed by atoms with Crippen LogP contribution in [0.25, 0.3) is 11.5 Å². The molecule has 1 aromatic carbocycles. The van der Waals surface area contributed by atoms with E-state index in [9.17, 15) is 14.9 Å². The summed E-state index contributed by atoms with van der Waals surface area (Å²) in [5, 5.41) is 18.4. The average molecular weight is 343 g/mol. The SMILES string of the molecule is Cc1occc1C(=O)O[C@H](C)c1nnc(-c2ccc([N+](=O)[O-])cc2)o1. The van der Waals surface area contributed by atoms with Crippen LogP contribution in [0.4, 0.5) is 5.69 Å². The third-order valence-corrected chi connectivity index (χ3v) is 3.48. The van der Waals surface area contributed by atoms with Crippen LogP contribution >= 0.6 is 0 Å². The summed E-state index contributed by atoms with van der Waals surface area (Å²) >= 11 is 0. The van der Waals surface area contributed by atoms with Gasteiger partial charge in [-0.2, -0.15) is 0 Å². The van der Waals surface area contributed by atoms with Crippen molar-refractivity contribution in [2.45, 2.75) is 20.0 Å². The van der Waals surface area contributed by atoms with Crippen molar-refractivity contribution in [3.05, 3.63) is 63.9 Å². The molecule has 2 heterocycles. The zero-order valence-corrected chi connectivity index (χ0v) is 13.3. The first-order chi connectivity index (χ1) is 12.0. The normalized spacial score (nSPS) is 11.9. The number of esters is 1. The minimum atomic E-state index is -0.763. The number of aromatic nitrogens is 2. The first kappa shape index (κ1) is 16.4. The van der Waals surface area contributed by atoms with Crippen LogP contribution in [0.1, 0.15) is 35.0 Å². The lowest BCUT2D eigenvalue weighted by atomic mass is 10.2. The monoisotopic (exact) mass is 343 g/mol. The Morgan fingerprint density at radius 1 is 1.24 bits per heavy atom. The van der Waals surface area contributed by atoms with Crippen LogP contribution in [0.2, 0.25) is 0 Å². The summed E-state index contributed by atoms with van der Waals surface area (Å²) in [6.07, 6.45) is 0.636. The summed E-state index contributed by atoms with van der Waals surface area (Å²) in [6.45, 7) is 3.25. The van der Waals surface area contributed by atoms with E-state index in [1.807, 2.05) is 0 Å². The van der Waals surface area contributed by atoms with E-state index in [0.717, 1.165) is 0 Å². The third kappa shape index (κ3) is 3.39. The van der Waals surface area contributed by atoms with Crippen molar-refractivity contribution in [1.29, 1.82) is 0 Å². The molecule has 0 bridgehead atoms. The Hall–Kier alpha value is -3.49. The molecule has 3 aromatic rings. The summed E-state index contributed by atoms with van der Waals surface area (Å²) in [5.74, 6) is 0.179. The molecular weight excluding hydrogens is 330 g/mol. The van der Waals surface area contributed by atoms with Crippen molar-refractivity contribution in [3.8, 4) is 11.5 Å². The lowest BCUT2D eigenvalue weighted by Gasteiger charge is -2.08. The lowest BCUT2D eigenvalue weighted by Crippen LogP contribution is -2.09. The highest BCUT2D eigenvalue weighted by molar-refractivity contribution is 5.90. The Balaban J connectivity index is 1.73. The summed E-state index contributed by atoms with van der Waals surface area (Å²) in [5.41, 5.74) is 0.803. The first-order valence-corrected chi connectivity index (χ1v) is 7.29. The van der Waals surface area contributed by atoms with Gasteiger partial charge in [-0.1, -0.05) is 0 Å². The van der Waals surface area contributed by atoms with Gasteiger partial charge >= 0.3 is 5.97 Å². The predicted molar refractivity (Wildman–Crippen MR) is 83.7 cm³/mol. The molecule has 0 saturated carbocycles. The van der Waals surface area contributed by atoms with Crippen LogP contribution in [0.15, 0.2) is 45.4 Å². The number of carbonyl (C=O) groups is 1. The summed E-state index contributed by atoms with van der Waals surface area (Å²) in [4.78, 5) is 22.2. The van der Waals surface area contributed by atoms with E-state index >= 15 is 0 Å². The molecule has 0 aliphatic carbocycles. The number of benzene rings is 1. The average Bonchev–Trinajstić information content (AvgIpc) is 3.24. The number of non-ortho nitro benzene ring substituents is 1. The van der Waals surface area contributed by atoms with Crippen molar-refractivity contribution in [2.75, 3.05) is 0 Å². The Kier molecular flexibility index (Phi) is 4.29. The summed E-state index contributed by atoms with van der Waals surface area (Å²) in [7, 11) is 0. The Bertz CT molecular complexity index is 912. The van der Waals surface area contributed by atoms with Gasteiger partial charge in [0.1, 0.15) is 11.3 Å². The van der Waals surface area contributed by atoms with Gasteiger partial charge in [0.25, 0.3) is 11.6 Å². The van der Waals surface area contributed by atoms with Gasteiger partial charge in [0, 0.05) is 17.7 Å². The highest BCUT2D eigenvalue weighted by Crippen LogP contribution is 2.25. The van der Waals surface area contributed by atoms with Crippen LogP contribution in [0, 0.1) is 17.0 Å². The molecule has 9 nitrogen and oxygen atoms in total. The van der Waals surface area contributed by atoms with Crippen molar-refractivity contribution in [1.82, 2.24) is 10.2 Å². The molecule has 0 aliphatic heterocycles. The van der Waals surface area contributed by atoms with Crippen molar-refractivity contribution < 1.29 is 23.3 Å². The quantitative estimate of drug-likeness (QED) is 0.392. The van der Waals surface area contributed by atoms with Crippen LogP contribution in [0.3, 0.4) is 0 Å². The lowest BCUT2D eigenvalue weighted by molar-refractivity contribution is -0.384. The van der Waals surface area contributed by atoms with Crippen LogP contribution in [-0.2, 0) is 4.74 Å². The fraction of sp³-hybridized carbons (Fsp3) is 0.188. The van der Waals surface area contributed by atoms with E-state index in [1.165, 1.54) is 36.6 Å². The number of rotatable bonds is 5. The molecule has 0 fully saturated rings. The number of hydrogen-bond donors (Lipinski definition) is 0. The molecule has 0 amide bonds. The second-order valence-corrected chi connectivity index (χ2v) is 5.19. The van der Waals surface area contributed by atoms with Crippen LogP contribution in [-0.4, -0.2) is 21.1 Å². The third-order valence-electron chi connectivity index (χ3n) is 3.48. The number of ether oxygens (including phenoxy) is 1. The number of nitrogens with zero attached hydrogens (tertiary/aromatic N) is 3. The molecule has 0 aliphatic rings. The van der Waals surface area contributed by atoms with Gasteiger partial charge in [-0.15, -0.1) is 10.2 Å². The van der Waals surface area contributed by atoms with E-state index in [4.69, 9.17) is 13.6 Å². The number of nitro groups is 1. The zero-order valence-electron chi connectivity index (χ0n) is 13.3. The summed E-state index contributed by atoms with van der Waals surface area (Å²) < 4.78 is 15.8. The van der Waals surface area contributed by atoms with E-state index in [2.05, 4.69) is 10.2 Å². The highest BCUT2D eigenvalue weighted by atomic mass is 16.6. The van der Waals surface area contributed by atoms with Gasteiger partial charge < -0.3 is 13.6 Å². The predicted octanol–water partition coefficient (Wildman–Crippen LogP) is 3.46. The second-order valence-electron chi connectivity index (χ2n) is 5.19. The Morgan fingerprint density at radius 2 is 1.96 bits per heavy atom. The minimum absolute atomic E-state index is 0.0405. The van der Waals surface area contributed by atoms with E-state index in [0.29, 0.717) is 16.9 Å². The molecular formula is C16H13N3O6. The largest absolute Gasteiger partial charge is 0.469 e. The van der Waals surface area contributed by atoms with Crippen molar-refractivity contribution in [2.24, 2.45) is 0 Å². The molecule has 3 rings (SSSR count). The molecule has 2 aromatic heterocycles. The highest BCUT2D eigenvalue weighted by Gasteiger charge is 2.22. The Labute approximate surface area is 141 Å². The minimum Gasteiger partial charge on any atom is -0.469 e. The van der Waals surface area contributed by atoms with E-state index in [1.54, 1.807) is 13.8 Å². The van der Waals surface area contributed by atoms with E-state index < -0.39 is 17.0 Å². The number of aryl methyl sites for hydroxylation is 1. The van der Waals surface area contributed by atoms with Crippen molar-refractivity contribution in [3.63, 3.8) is 0 Å². The van der Waals surface area contributed by atoms with Crippen LogP contribution < -0.4 is 0 Å². The van der Waals surface area contributed by atoms with Crippen molar-refractivity contribution >= 4 is 11.7 Å². The van der Waals surface area contributed by atoms with Gasteiger partial charge in [-0.3, -0.25) is 10.1 Å². The van der Waals surface area contributed by atoms with Gasteiger partial charge in [0.2, 0.25) is 5.89 Å². The molecule has 25 heavy (non-hydrogen) atoms. The standard InChI is InChI=1S/C16H13N3O6/c1-9-13(7-8-23-9)16(20)24-10(2)14-17-18-15(25-14)11-3-5-12(6-4-11)19(21)22/h3-8,10H,1-2H3/t10-/m1/s1. The zero-order chi connectivity index (χ0) is 18.0. The van der Waals surface area contributed by atoms with Gasteiger partial charge in [0.15, 0.2) is 6.10 Å².